The molecule has 0 atom stereocenters. The molecule has 0 aromatic rings. The van der Waals surface area contributed by atoms with Crippen molar-refractivity contribution in [2.24, 2.45) is 0 Å². The summed E-state index contributed by atoms with van der Waals surface area (Å²) in [5.41, 5.74) is 0. The standard InChI is InChI=1S/C20H43BrN.ClH/c1-4-5-6-7-8-9-10-11-12-13-14-16-19-22(2,3)20-17-15-18-21;/h4-20H2,1-3H3;1H/q+1;/p-1. The smallest absolute Gasteiger partial charge is 0.0782 e. The van der Waals surface area contributed by atoms with Crippen molar-refractivity contribution in [3.05, 3.63) is 0 Å². The molecule has 1 nitrogen and oxygen atoms in total. The van der Waals surface area contributed by atoms with E-state index in [4.69, 9.17) is 0 Å². The fourth-order valence-corrected chi connectivity index (χ4v) is 3.52. The highest BCUT2D eigenvalue weighted by atomic mass is 79.9. The van der Waals surface area contributed by atoms with Crippen molar-refractivity contribution < 1.29 is 16.9 Å². The van der Waals surface area contributed by atoms with E-state index in [9.17, 15) is 0 Å². The molecule has 0 aliphatic rings. The Hall–Kier alpha value is 0.730. The lowest BCUT2D eigenvalue weighted by atomic mass is 10.1. The summed E-state index contributed by atoms with van der Waals surface area (Å²) in [6.45, 7) is 4.99. The van der Waals surface area contributed by atoms with Crippen molar-refractivity contribution in [3.63, 3.8) is 0 Å². The Balaban J connectivity index is 0. The van der Waals surface area contributed by atoms with Crippen molar-refractivity contribution in [3.8, 4) is 0 Å². The van der Waals surface area contributed by atoms with Gasteiger partial charge in [-0.05, 0) is 25.7 Å². The molecule has 0 rings (SSSR count). The number of hydrogen-bond donors (Lipinski definition) is 0. The molecule has 0 aliphatic carbocycles. The molecule has 0 saturated heterocycles. The molecule has 0 heterocycles. The summed E-state index contributed by atoms with van der Waals surface area (Å²) in [4.78, 5) is 0. The zero-order valence-corrected chi connectivity index (χ0v) is 18.6. The Bertz CT molecular complexity index is 222. The Morgan fingerprint density at radius 3 is 1.30 bits per heavy atom. The molecule has 142 valence electrons. The molecule has 0 radical (unpaired) electrons. The summed E-state index contributed by atoms with van der Waals surface area (Å²) in [5.74, 6) is 0. The van der Waals surface area contributed by atoms with E-state index in [1.807, 2.05) is 0 Å². The summed E-state index contributed by atoms with van der Waals surface area (Å²) >= 11 is 3.52. The van der Waals surface area contributed by atoms with Gasteiger partial charge in [0.15, 0.2) is 0 Å². The molecule has 0 aromatic heterocycles. The van der Waals surface area contributed by atoms with Crippen molar-refractivity contribution in [2.75, 3.05) is 32.5 Å². The predicted octanol–water partition coefficient (Wildman–Crippen LogP) is 3.94. The largest absolute Gasteiger partial charge is 1.00 e. The maximum atomic E-state index is 3.52. The van der Waals surface area contributed by atoms with Gasteiger partial charge in [0.1, 0.15) is 0 Å². The van der Waals surface area contributed by atoms with Gasteiger partial charge < -0.3 is 16.9 Å². The van der Waals surface area contributed by atoms with Crippen molar-refractivity contribution in [2.45, 2.75) is 96.8 Å². The summed E-state index contributed by atoms with van der Waals surface area (Å²) in [6, 6.07) is 0. The molecule has 0 spiro atoms. The Morgan fingerprint density at radius 1 is 0.565 bits per heavy atom. The summed E-state index contributed by atoms with van der Waals surface area (Å²) < 4.78 is 1.21. The number of quaternary nitrogens is 1. The van der Waals surface area contributed by atoms with E-state index in [0.29, 0.717) is 0 Å². The fraction of sp³-hybridized carbons (Fsp3) is 1.00. The Labute approximate surface area is 162 Å². The monoisotopic (exact) mass is 411 g/mol. The zero-order valence-electron chi connectivity index (χ0n) is 16.2. The van der Waals surface area contributed by atoms with Gasteiger partial charge >= 0.3 is 0 Å². The minimum Gasteiger partial charge on any atom is -1.00 e. The zero-order chi connectivity index (χ0) is 16.5. The molecule has 3 heteroatoms. The Kier molecular flexibility index (Phi) is 21.5. The fourth-order valence-electron chi connectivity index (χ4n) is 3.13. The molecule has 0 aromatic carbocycles. The van der Waals surface area contributed by atoms with E-state index in [-0.39, 0.29) is 12.4 Å². The van der Waals surface area contributed by atoms with Crippen LogP contribution in [0.4, 0.5) is 0 Å². The van der Waals surface area contributed by atoms with Crippen molar-refractivity contribution in [1.29, 1.82) is 0 Å². The number of nitrogens with zero attached hydrogens (tertiary/aromatic N) is 1. The lowest BCUT2D eigenvalue weighted by molar-refractivity contribution is -0.890. The first-order chi connectivity index (χ1) is 10.6. The van der Waals surface area contributed by atoms with Crippen LogP contribution in [-0.4, -0.2) is 37.0 Å². The third-order valence-electron chi connectivity index (χ3n) is 4.76. The minimum atomic E-state index is 0. The highest BCUT2D eigenvalue weighted by molar-refractivity contribution is 9.09. The lowest BCUT2D eigenvalue weighted by Gasteiger charge is -2.29. The molecule has 0 bridgehead atoms. The van der Waals surface area contributed by atoms with Gasteiger partial charge in [0.05, 0.1) is 27.2 Å². The van der Waals surface area contributed by atoms with Crippen LogP contribution in [0.2, 0.25) is 0 Å². The first kappa shape index (κ1) is 26.0. The van der Waals surface area contributed by atoms with Crippen molar-refractivity contribution >= 4 is 15.9 Å². The van der Waals surface area contributed by atoms with E-state index in [0.717, 1.165) is 5.33 Å². The normalized spacial score (nSPS) is 11.5. The van der Waals surface area contributed by atoms with Gasteiger partial charge in [-0.1, -0.05) is 87.1 Å². The maximum absolute atomic E-state index is 3.52. The van der Waals surface area contributed by atoms with E-state index < -0.39 is 0 Å². The number of alkyl halides is 1. The van der Waals surface area contributed by atoms with Crippen LogP contribution < -0.4 is 12.4 Å². The number of hydrogen-bond acceptors (Lipinski definition) is 0. The average Bonchev–Trinajstić information content (AvgIpc) is 2.48. The van der Waals surface area contributed by atoms with Crippen LogP contribution in [0, 0.1) is 0 Å². The van der Waals surface area contributed by atoms with Crippen LogP contribution in [0.25, 0.3) is 0 Å². The van der Waals surface area contributed by atoms with E-state index >= 15 is 0 Å². The summed E-state index contributed by atoms with van der Waals surface area (Å²) in [5, 5.41) is 1.16. The average molecular weight is 413 g/mol. The maximum Gasteiger partial charge on any atom is 0.0782 e. The predicted molar refractivity (Wildman–Crippen MR) is 106 cm³/mol. The first-order valence-corrected chi connectivity index (χ1v) is 11.1. The first-order valence-electron chi connectivity index (χ1n) is 10.0. The van der Waals surface area contributed by atoms with Crippen LogP contribution >= 0.6 is 15.9 Å². The number of rotatable bonds is 17. The number of unbranched alkanes of at least 4 members (excludes halogenated alkanes) is 12. The number of halogens is 2. The summed E-state index contributed by atoms with van der Waals surface area (Å²) in [7, 11) is 4.79. The van der Waals surface area contributed by atoms with Crippen LogP contribution in [0.1, 0.15) is 96.8 Å². The summed E-state index contributed by atoms with van der Waals surface area (Å²) in [6.07, 6.45) is 20.1. The van der Waals surface area contributed by atoms with Gasteiger partial charge in [-0.3, -0.25) is 0 Å². The van der Waals surface area contributed by atoms with Crippen LogP contribution in [0.5, 0.6) is 0 Å². The SMILES string of the molecule is CCCCCCCCCCCCCC[N+](C)(C)CCCCBr.[Cl-]. The van der Waals surface area contributed by atoms with Crippen LogP contribution in [0.15, 0.2) is 0 Å². The van der Waals surface area contributed by atoms with Crippen LogP contribution in [-0.2, 0) is 0 Å². The third kappa shape index (κ3) is 20.7. The molecular weight excluding hydrogens is 370 g/mol. The molecule has 0 N–H and O–H groups in total. The second-order valence-electron chi connectivity index (χ2n) is 7.67. The van der Waals surface area contributed by atoms with Gasteiger partial charge in [-0.15, -0.1) is 0 Å². The lowest BCUT2D eigenvalue weighted by Crippen LogP contribution is -3.00. The molecule has 0 amide bonds. The third-order valence-corrected chi connectivity index (χ3v) is 5.32. The van der Waals surface area contributed by atoms with Crippen molar-refractivity contribution in [1.82, 2.24) is 0 Å². The van der Waals surface area contributed by atoms with Gasteiger partial charge in [0.2, 0.25) is 0 Å². The topological polar surface area (TPSA) is 0 Å². The van der Waals surface area contributed by atoms with Crippen LogP contribution in [0.3, 0.4) is 0 Å². The molecule has 0 aliphatic heterocycles. The second kappa shape index (κ2) is 19.1. The molecule has 0 fully saturated rings. The van der Waals surface area contributed by atoms with Gasteiger partial charge in [-0.2, -0.15) is 0 Å². The van der Waals surface area contributed by atoms with Gasteiger partial charge in [0, 0.05) is 5.33 Å². The van der Waals surface area contributed by atoms with E-state index in [1.54, 1.807) is 0 Å². The molecule has 23 heavy (non-hydrogen) atoms. The highest BCUT2D eigenvalue weighted by Gasteiger charge is 2.13. The molecular formula is C20H43BrClN. The highest BCUT2D eigenvalue weighted by Crippen LogP contribution is 2.13. The van der Waals surface area contributed by atoms with Gasteiger partial charge in [-0.25, -0.2) is 0 Å². The second-order valence-corrected chi connectivity index (χ2v) is 8.46. The quantitative estimate of drug-likeness (QED) is 0.193. The van der Waals surface area contributed by atoms with Gasteiger partial charge in [0.25, 0.3) is 0 Å². The minimum absolute atomic E-state index is 0. The molecule has 0 unspecified atom stereocenters. The van der Waals surface area contributed by atoms with E-state index in [2.05, 4.69) is 36.9 Å². The van der Waals surface area contributed by atoms with E-state index in [1.165, 1.54) is 107 Å². The Morgan fingerprint density at radius 2 is 0.913 bits per heavy atom. The molecule has 0 saturated carbocycles.